The van der Waals surface area contributed by atoms with Gasteiger partial charge in [0.1, 0.15) is 6.17 Å². The second kappa shape index (κ2) is 7.23. The van der Waals surface area contributed by atoms with Crippen LogP contribution in [0.3, 0.4) is 0 Å². The second-order valence-electron chi connectivity index (χ2n) is 1.78. The van der Waals surface area contributed by atoms with Gasteiger partial charge in [0.25, 0.3) is 0 Å². The molecule has 0 saturated carbocycles. The molecule has 0 aromatic carbocycles. The van der Waals surface area contributed by atoms with Crippen LogP contribution in [0.4, 0.5) is 4.39 Å². The lowest BCUT2D eigenvalue weighted by molar-refractivity contribution is 0.774. The molecule has 0 aromatic rings. The van der Waals surface area contributed by atoms with Crippen LogP contribution in [0.15, 0.2) is 12.2 Å². The van der Waals surface area contributed by atoms with Gasteiger partial charge in [0.05, 0.1) is 0 Å². The van der Waals surface area contributed by atoms with Crippen LogP contribution in [0.1, 0.15) is 26.2 Å². The van der Waals surface area contributed by atoms with Crippen molar-refractivity contribution in [1.29, 1.82) is 0 Å². The predicted molar refractivity (Wildman–Crippen MR) is 37.5 cm³/mol. The summed E-state index contributed by atoms with van der Waals surface area (Å²) in [6.45, 7) is 2.12. The van der Waals surface area contributed by atoms with E-state index in [9.17, 15) is 4.39 Å². The van der Waals surface area contributed by atoms with Crippen molar-refractivity contribution in [3.63, 3.8) is 0 Å². The summed E-state index contributed by atoms with van der Waals surface area (Å²) in [5.41, 5.74) is 0. The Balaban J connectivity index is 3.11. The lowest BCUT2D eigenvalue weighted by Crippen LogP contribution is -1.64. The Labute approximate surface area is 55.8 Å². The van der Waals surface area contributed by atoms with Gasteiger partial charge in [-0.2, -0.15) is 0 Å². The highest BCUT2D eigenvalue weighted by Gasteiger charge is 1.74. The average Bonchev–Trinajstić information content (AvgIpc) is 1.89. The van der Waals surface area contributed by atoms with E-state index in [0.29, 0.717) is 0 Å². The lowest BCUT2D eigenvalue weighted by atomic mass is 10.2. The monoisotopic (exact) mass is 126 g/mol. The fraction of sp³-hybridized carbons (Fsp3) is 0.500. The zero-order chi connectivity index (χ0) is 6.95. The van der Waals surface area contributed by atoms with E-state index in [4.69, 9.17) is 0 Å². The van der Waals surface area contributed by atoms with Gasteiger partial charge >= 0.3 is 0 Å². The Kier molecular flexibility index (Phi) is 6.61. The van der Waals surface area contributed by atoms with E-state index in [0.717, 1.165) is 12.8 Å². The van der Waals surface area contributed by atoms with Crippen LogP contribution in [0.5, 0.6) is 0 Å². The van der Waals surface area contributed by atoms with Gasteiger partial charge in [-0.3, -0.25) is 0 Å². The smallest absolute Gasteiger partial charge is 0.110 e. The molecule has 0 radical (unpaired) electrons. The van der Waals surface area contributed by atoms with Crippen LogP contribution in [-0.4, -0.2) is 0 Å². The molecule has 0 fully saturated rings. The first-order valence-electron chi connectivity index (χ1n) is 3.18. The minimum absolute atomic E-state index is 1.01. The summed E-state index contributed by atoms with van der Waals surface area (Å²) in [4.78, 5) is 0. The highest BCUT2D eigenvalue weighted by molar-refractivity contribution is 5.11. The van der Waals surface area contributed by atoms with Gasteiger partial charge in [-0.05, 0) is 18.4 Å². The van der Waals surface area contributed by atoms with Crippen LogP contribution in [-0.2, 0) is 0 Å². The van der Waals surface area contributed by atoms with Gasteiger partial charge in [0.2, 0.25) is 0 Å². The molecule has 0 unspecified atom stereocenters. The number of unbranched alkanes of at least 4 members (excludes halogenated alkanes) is 2. The first-order chi connectivity index (χ1) is 4.41. The standard InChI is InChI=1S/C8H11F/c1-2-3-4-5-6-7-8-9/h5-6H,2-4H2,1H3. The summed E-state index contributed by atoms with van der Waals surface area (Å²) in [5.74, 6) is 2.21. The fourth-order valence-electron chi connectivity index (χ4n) is 0.496. The van der Waals surface area contributed by atoms with Gasteiger partial charge in [-0.15, -0.1) is 4.39 Å². The second-order valence-corrected chi connectivity index (χ2v) is 1.78. The van der Waals surface area contributed by atoms with E-state index in [-0.39, 0.29) is 0 Å². The number of hydrogen-bond acceptors (Lipinski definition) is 0. The minimum atomic E-state index is 1.01. The lowest BCUT2D eigenvalue weighted by Gasteiger charge is -1.83. The van der Waals surface area contributed by atoms with Gasteiger partial charge < -0.3 is 0 Å². The van der Waals surface area contributed by atoms with E-state index in [1.807, 2.05) is 6.08 Å². The Hall–Kier alpha value is -0.770. The zero-order valence-electron chi connectivity index (χ0n) is 5.65. The summed E-state index contributed by atoms with van der Waals surface area (Å²) in [6, 6.07) is 0. The first-order valence-corrected chi connectivity index (χ1v) is 3.18. The van der Waals surface area contributed by atoms with Crippen molar-refractivity contribution in [1.82, 2.24) is 0 Å². The van der Waals surface area contributed by atoms with Crippen molar-refractivity contribution >= 4 is 0 Å². The molecule has 0 aliphatic rings. The fourth-order valence-corrected chi connectivity index (χ4v) is 0.496. The molecule has 1 heteroatoms. The van der Waals surface area contributed by atoms with Crippen molar-refractivity contribution in [3.05, 3.63) is 12.2 Å². The van der Waals surface area contributed by atoms with Crippen molar-refractivity contribution in [2.24, 2.45) is 0 Å². The molecular formula is C8H11F. The number of allylic oxidation sites excluding steroid dienone is 2. The van der Waals surface area contributed by atoms with Crippen LogP contribution in [0.2, 0.25) is 0 Å². The molecule has 50 valence electrons. The van der Waals surface area contributed by atoms with E-state index >= 15 is 0 Å². The summed E-state index contributed by atoms with van der Waals surface area (Å²) in [6.07, 6.45) is 8.08. The van der Waals surface area contributed by atoms with E-state index in [1.54, 1.807) is 6.08 Å². The third kappa shape index (κ3) is 7.23. The van der Waals surface area contributed by atoms with Crippen molar-refractivity contribution < 1.29 is 4.39 Å². The van der Waals surface area contributed by atoms with E-state index < -0.39 is 0 Å². The average molecular weight is 126 g/mol. The van der Waals surface area contributed by atoms with Crippen molar-refractivity contribution in [2.75, 3.05) is 0 Å². The molecule has 0 saturated heterocycles. The number of halogens is 1. The molecule has 9 heavy (non-hydrogen) atoms. The summed E-state index contributed by atoms with van der Waals surface area (Å²) in [5, 5.41) is 0. The third-order valence-corrected chi connectivity index (χ3v) is 0.980. The minimum Gasteiger partial charge on any atom is -0.144 e. The van der Waals surface area contributed by atoms with Crippen LogP contribution in [0.25, 0.3) is 0 Å². The number of rotatable bonds is 3. The SMILES string of the molecule is CCCCC=CC#CF. The molecule has 0 atom stereocenters. The molecule has 0 amide bonds. The van der Waals surface area contributed by atoms with Crippen LogP contribution < -0.4 is 0 Å². The van der Waals surface area contributed by atoms with Crippen molar-refractivity contribution in [2.45, 2.75) is 26.2 Å². The maximum Gasteiger partial charge on any atom is 0.110 e. The van der Waals surface area contributed by atoms with Gasteiger partial charge in [-0.1, -0.05) is 25.8 Å². The maximum absolute atomic E-state index is 11.1. The summed E-state index contributed by atoms with van der Waals surface area (Å²) >= 11 is 0. The highest BCUT2D eigenvalue weighted by Crippen LogP contribution is 1.93. The molecule has 0 aliphatic heterocycles. The normalized spacial score (nSPS) is 9.11. The Morgan fingerprint density at radius 3 is 2.89 bits per heavy atom. The van der Waals surface area contributed by atoms with Crippen molar-refractivity contribution in [3.8, 4) is 12.1 Å². The topological polar surface area (TPSA) is 0 Å². The molecule has 0 aromatic heterocycles. The molecule has 0 rings (SSSR count). The molecule has 0 nitrogen and oxygen atoms in total. The Morgan fingerprint density at radius 2 is 2.33 bits per heavy atom. The van der Waals surface area contributed by atoms with Crippen LogP contribution in [0, 0.1) is 12.1 Å². The first kappa shape index (κ1) is 8.23. The molecular weight excluding hydrogens is 115 g/mol. The number of hydrogen-bond donors (Lipinski definition) is 0. The molecule has 0 spiro atoms. The van der Waals surface area contributed by atoms with Gasteiger partial charge in [-0.25, -0.2) is 0 Å². The largest absolute Gasteiger partial charge is 0.144 e. The van der Waals surface area contributed by atoms with Gasteiger partial charge in [0.15, 0.2) is 0 Å². The quantitative estimate of drug-likeness (QED) is 0.403. The van der Waals surface area contributed by atoms with Crippen LogP contribution >= 0.6 is 0 Å². The predicted octanol–water partition coefficient (Wildman–Crippen LogP) is 2.66. The molecule has 0 aliphatic carbocycles. The third-order valence-electron chi connectivity index (χ3n) is 0.980. The Morgan fingerprint density at radius 1 is 1.56 bits per heavy atom. The molecule has 0 N–H and O–H groups in total. The van der Waals surface area contributed by atoms with E-state index in [2.05, 4.69) is 12.8 Å². The van der Waals surface area contributed by atoms with Gasteiger partial charge in [0, 0.05) is 0 Å². The zero-order valence-corrected chi connectivity index (χ0v) is 5.65. The maximum atomic E-state index is 11.1. The molecule has 0 heterocycles. The summed E-state index contributed by atoms with van der Waals surface area (Å²) < 4.78 is 11.1. The highest BCUT2D eigenvalue weighted by atomic mass is 19.1. The van der Waals surface area contributed by atoms with E-state index in [1.165, 1.54) is 12.6 Å². The summed E-state index contributed by atoms with van der Waals surface area (Å²) in [7, 11) is 0. The molecule has 0 bridgehead atoms. The Bertz CT molecular complexity index is 125.